The Morgan fingerprint density at radius 1 is 1.16 bits per heavy atom. The number of rotatable bonds is 2. The predicted octanol–water partition coefficient (Wildman–Crippen LogP) is 4.38. The molecule has 1 atom stereocenters. The monoisotopic (exact) mass is 311 g/mol. The van der Waals surface area contributed by atoms with Gasteiger partial charge in [-0.25, -0.2) is 4.39 Å². The van der Waals surface area contributed by atoms with Crippen molar-refractivity contribution >= 4 is 23.7 Å². The van der Waals surface area contributed by atoms with Crippen LogP contribution in [0.1, 0.15) is 22.0 Å². The van der Waals surface area contributed by atoms with Crippen molar-refractivity contribution in [3.05, 3.63) is 57.5 Å². The summed E-state index contributed by atoms with van der Waals surface area (Å²) in [5.41, 5.74) is 4.73. The molecule has 0 aliphatic rings. The van der Waals surface area contributed by atoms with Gasteiger partial charge in [0.1, 0.15) is 5.82 Å². The second-order valence-electron chi connectivity index (χ2n) is 3.73. The fraction of sp³-hybridized carbons (Fsp3) is 0.167. The standard InChI is InChI=1S/C12H9F4NS.ClH/c13-9-4-3-7(12(14,15)16)6-8(9)11(17)10-2-1-5-18-10;/h1-6,11H,17H2;1H/t11-;/m0./s1. The average Bonchev–Trinajstić information content (AvgIpc) is 2.80. The van der Waals surface area contributed by atoms with Crippen LogP contribution >= 0.6 is 23.7 Å². The summed E-state index contributed by atoms with van der Waals surface area (Å²) in [6.07, 6.45) is -4.50. The third-order valence-electron chi connectivity index (χ3n) is 2.51. The number of halogens is 5. The van der Waals surface area contributed by atoms with Crippen LogP contribution in [-0.4, -0.2) is 0 Å². The van der Waals surface area contributed by atoms with E-state index >= 15 is 0 Å². The number of hydrogen-bond acceptors (Lipinski definition) is 2. The van der Waals surface area contributed by atoms with Crippen LogP contribution in [0.4, 0.5) is 17.6 Å². The quantitative estimate of drug-likeness (QED) is 0.819. The molecule has 0 unspecified atom stereocenters. The van der Waals surface area contributed by atoms with Crippen LogP contribution in [0.2, 0.25) is 0 Å². The molecule has 19 heavy (non-hydrogen) atoms. The van der Waals surface area contributed by atoms with Crippen LogP contribution in [0.15, 0.2) is 35.7 Å². The zero-order chi connectivity index (χ0) is 13.3. The van der Waals surface area contributed by atoms with Gasteiger partial charge in [-0.05, 0) is 29.6 Å². The van der Waals surface area contributed by atoms with Crippen molar-refractivity contribution in [3.8, 4) is 0 Å². The number of alkyl halides is 3. The van der Waals surface area contributed by atoms with E-state index in [-0.39, 0.29) is 18.0 Å². The van der Waals surface area contributed by atoms with Crippen LogP contribution in [0.3, 0.4) is 0 Å². The van der Waals surface area contributed by atoms with Gasteiger partial charge >= 0.3 is 6.18 Å². The molecule has 0 aliphatic carbocycles. The number of hydrogen-bond donors (Lipinski definition) is 1. The van der Waals surface area contributed by atoms with Gasteiger partial charge in [-0.15, -0.1) is 23.7 Å². The highest BCUT2D eigenvalue weighted by Gasteiger charge is 2.31. The molecule has 2 rings (SSSR count). The molecule has 0 saturated heterocycles. The Morgan fingerprint density at radius 3 is 2.37 bits per heavy atom. The summed E-state index contributed by atoms with van der Waals surface area (Å²) in [5, 5.41) is 1.74. The van der Waals surface area contributed by atoms with Crippen molar-refractivity contribution in [2.45, 2.75) is 12.2 Å². The Hall–Kier alpha value is -1.11. The molecule has 0 saturated carbocycles. The molecule has 1 heterocycles. The van der Waals surface area contributed by atoms with Gasteiger partial charge in [0.15, 0.2) is 0 Å². The average molecular weight is 312 g/mol. The van der Waals surface area contributed by atoms with Gasteiger partial charge in [0.05, 0.1) is 11.6 Å². The Bertz CT molecular complexity index is 539. The van der Waals surface area contributed by atoms with Crippen LogP contribution in [0.25, 0.3) is 0 Å². The molecule has 7 heteroatoms. The summed E-state index contributed by atoms with van der Waals surface area (Å²) in [6.45, 7) is 0. The van der Waals surface area contributed by atoms with E-state index in [1.165, 1.54) is 11.3 Å². The molecule has 1 aromatic heterocycles. The van der Waals surface area contributed by atoms with E-state index < -0.39 is 23.6 Å². The van der Waals surface area contributed by atoms with Crippen LogP contribution in [-0.2, 0) is 6.18 Å². The Kier molecular flexibility index (Phi) is 4.95. The molecule has 0 aliphatic heterocycles. The molecule has 104 valence electrons. The summed E-state index contributed by atoms with van der Waals surface area (Å²) in [4.78, 5) is 0.619. The summed E-state index contributed by atoms with van der Waals surface area (Å²) in [5.74, 6) is -0.732. The van der Waals surface area contributed by atoms with Crippen molar-refractivity contribution in [2.24, 2.45) is 5.73 Å². The lowest BCUT2D eigenvalue weighted by molar-refractivity contribution is -0.137. The van der Waals surface area contributed by atoms with Gasteiger partial charge in [0.25, 0.3) is 0 Å². The number of benzene rings is 1. The van der Waals surface area contributed by atoms with Gasteiger partial charge in [-0.1, -0.05) is 6.07 Å². The van der Waals surface area contributed by atoms with Gasteiger partial charge < -0.3 is 5.73 Å². The smallest absolute Gasteiger partial charge is 0.320 e. The lowest BCUT2D eigenvalue weighted by Gasteiger charge is -2.14. The Balaban J connectivity index is 0.00000180. The lowest BCUT2D eigenvalue weighted by Crippen LogP contribution is -2.14. The third kappa shape index (κ3) is 3.46. The fourth-order valence-electron chi connectivity index (χ4n) is 1.58. The van der Waals surface area contributed by atoms with Crippen molar-refractivity contribution in [3.63, 3.8) is 0 Å². The zero-order valence-electron chi connectivity index (χ0n) is 9.45. The first-order valence-corrected chi connectivity index (χ1v) is 5.93. The van der Waals surface area contributed by atoms with Crippen molar-refractivity contribution < 1.29 is 17.6 Å². The molecule has 0 spiro atoms. The van der Waals surface area contributed by atoms with E-state index in [1.807, 2.05) is 0 Å². The fourth-order valence-corrected chi connectivity index (χ4v) is 2.32. The summed E-state index contributed by atoms with van der Waals surface area (Å²) in [6, 6.07) is 4.76. The molecular formula is C12H10ClF4NS. The van der Waals surface area contributed by atoms with Crippen molar-refractivity contribution in [2.75, 3.05) is 0 Å². The van der Waals surface area contributed by atoms with Crippen LogP contribution < -0.4 is 5.73 Å². The highest BCUT2D eigenvalue weighted by Crippen LogP contribution is 2.33. The summed E-state index contributed by atoms with van der Waals surface area (Å²) < 4.78 is 51.2. The van der Waals surface area contributed by atoms with E-state index in [2.05, 4.69) is 0 Å². The molecule has 1 aromatic carbocycles. The zero-order valence-corrected chi connectivity index (χ0v) is 11.1. The van der Waals surface area contributed by atoms with E-state index in [0.717, 1.165) is 12.1 Å². The minimum atomic E-state index is -4.50. The first-order chi connectivity index (χ1) is 8.39. The molecule has 2 N–H and O–H groups in total. The van der Waals surface area contributed by atoms with Crippen molar-refractivity contribution in [1.82, 2.24) is 0 Å². The number of thiophene rings is 1. The third-order valence-corrected chi connectivity index (χ3v) is 3.46. The molecule has 0 radical (unpaired) electrons. The maximum Gasteiger partial charge on any atom is 0.416 e. The molecule has 0 bridgehead atoms. The first kappa shape index (κ1) is 15.9. The Labute approximate surface area is 117 Å². The Morgan fingerprint density at radius 2 is 1.84 bits per heavy atom. The molecular weight excluding hydrogens is 302 g/mol. The SMILES string of the molecule is Cl.N[C@H](c1cccs1)c1cc(C(F)(F)F)ccc1F. The topological polar surface area (TPSA) is 26.0 Å². The highest BCUT2D eigenvalue weighted by atomic mass is 35.5. The normalized spacial score (nSPS) is 12.9. The molecule has 0 fully saturated rings. The molecule has 0 amide bonds. The van der Waals surface area contributed by atoms with Gasteiger partial charge in [0, 0.05) is 10.4 Å². The van der Waals surface area contributed by atoms with E-state index in [1.54, 1.807) is 17.5 Å². The van der Waals surface area contributed by atoms with E-state index in [0.29, 0.717) is 10.9 Å². The van der Waals surface area contributed by atoms with Crippen LogP contribution in [0, 0.1) is 5.82 Å². The van der Waals surface area contributed by atoms with Gasteiger partial charge in [0.2, 0.25) is 0 Å². The van der Waals surface area contributed by atoms with E-state index in [4.69, 9.17) is 5.73 Å². The maximum atomic E-state index is 13.6. The second kappa shape index (κ2) is 5.90. The molecule has 1 nitrogen and oxygen atoms in total. The molecule has 2 aromatic rings. The second-order valence-corrected chi connectivity index (χ2v) is 4.71. The number of nitrogens with two attached hydrogens (primary N) is 1. The van der Waals surface area contributed by atoms with Crippen molar-refractivity contribution in [1.29, 1.82) is 0 Å². The van der Waals surface area contributed by atoms with Gasteiger partial charge in [-0.2, -0.15) is 13.2 Å². The summed E-state index contributed by atoms with van der Waals surface area (Å²) in [7, 11) is 0. The predicted molar refractivity (Wildman–Crippen MR) is 69.0 cm³/mol. The maximum absolute atomic E-state index is 13.6. The highest BCUT2D eigenvalue weighted by molar-refractivity contribution is 7.10. The first-order valence-electron chi connectivity index (χ1n) is 5.05. The van der Waals surface area contributed by atoms with Crippen LogP contribution in [0.5, 0.6) is 0 Å². The lowest BCUT2D eigenvalue weighted by atomic mass is 10.0. The van der Waals surface area contributed by atoms with E-state index in [9.17, 15) is 17.6 Å². The van der Waals surface area contributed by atoms with Gasteiger partial charge in [-0.3, -0.25) is 0 Å². The summed E-state index contributed by atoms with van der Waals surface area (Å²) >= 11 is 1.27. The minimum absolute atomic E-state index is 0. The minimum Gasteiger partial charge on any atom is -0.320 e. The largest absolute Gasteiger partial charge is 0.416 e.